The summed E-state index contributed by atoms with van der Waals surface area (Å²) in [7, 11) is 1.71. The summed E-state index contributed by atoms with van der Waals surface area (Å²) < 4.78 is 13.6. The van der Waals surface area contributed by atoms with Crippen molar-refractivity contribution in [1.29, 1.82) is 0 Å². The predicted octanol–water partition coefficient (Wildman–Crippen LogP) is 6.33. The molecule has 0 bridgehead atoms. The van der Waals surface area contributed by atoms with Crippen LogP contribution in [0.1, 0.15) is 57.9 Å². The average Bonchev–Trinajstić information content (AvgIpc) is 2.87. The van der Waals surface area contributed by atoms with Crippen molar-refractivity contribution >= 4 is 28.6 Å². The first-order valence-electron chi connectivity index (χ1n) is 12.5. The van der Waals surface area contributed by atoms with Gasteiger partial charge >= 0.3 is 0 Å². The topological polar surface area (TPSA) is 69.6 Å². The molecule has 0 saturated heterocycles. The van der Waals surface area contributed by atoms with E-state index in [9.17, 15) is 9.59 Å². The molecule has 1 N–H and O–H groups in total. The van der Waals surface area contributed by atoms with Crippen molar-refractivity contribution in [2.75, 3.05) is 18.5 Å². The van der Waals surface area contributed by atoms with E-state index in [0.29, 0.717) is 30.2 Å². The Balaban J connectivity index is 1.87. The number of nitrogens with one attached hydrogen (secondary N) is 1. The Morgan fingerprint density at radius 3 is 2.37 bits per heavy atom. The lowest BCUT2D eigenvalue weighted by atomic mass is 10.1. The van der Waals surface area contributed by atoms with Crippen molar-refractivity contribution in [2.24, 2.45) is 7.05 Å². The van der Waals surface area contributed by atoms with Crippen molar-refractivity contribution < 1.29 is 14.3 Å². The number of amides is 1. The number of anilines is 1. The number of nitrogens with zero attached hydrogens (tertiary/aromatic N) is 1. The summed E-state index contributed by atoms with van der Waals surface area (Å²) >= 11 is 0. The van der Waals surface area contributed by atoms with Crippen LogP contribution in [0.15, 0.2) is 59.4 Å². The molecule has 0 saturated carbocycles. The minimum absolute atomic E-state index is 0.244. The molecule has 0 radical (unpaired) electrons. The van der Waals surface area contributed by atoms with Crippen LogP contribution in [0.25, 0.3) is 17.0 Å². The fourth-order valence-electron chi connectivity index (χ4n) is 3.77. The van der Waals surface area contributed by atoms with Crippen LogP contribution in [0.3, 0.4) is 0 Å². The molecule has 2 aromatic carbocycles. The lowest BCUT2D eigenvalue weighted by Gasteiger charge is -2.17. The van der Waals surface area contributed by atoms with Crippen LogP contribution < -0.4 is 20.3 Å². The Bertz CT molecular complexity index is 1200. The zero-order valence-electron chi connectivity index (χ0n) is 21.0. The lowest BCUT2D eigenvalue weighted by molar-refractivity contribution is -0.111. The first-order valence-corrected chi connectivity index (χ1v) is 12.5. The minimum Gasteiger partial charge on any atom is -0.489 e. The summed E-state index contributed by atoms with van der Waals surface area (Å²) in [6.45, 7) is 5.24. The Morgan fingerprint density at radius 2 is 1.63 bits per heavy atom. The van der Waals surface area contributed by atoms with Gasteiger partial charge in [0, 0.05) is 24.2 Å². The van der Waals surface area contributed by atoms with Crippen LogP contribution in [-0.2, 0) is 11.8 Å². The molecule has 35 heavy (non-hydrogen) atoms. The normalized spacial score (nSPS) is 11.2. The van der Waals surface area contributed by atoms with Crippen molar-refractivity contribution in [3.63, 3.8) is 0 Å². The molecule has 0 aliphatic carbocycles. The molecule has 0 unspecified atom stereocenters. The van der Waals surface area contributed by atoms with Gasteiger partial charge in [-0.25, -0.2) is 0 Å². The van der Waals surface area contributed by atoms with E-state index in [2.05, 4.69) is 19.2 Å². The maximum atomic E-state index is 13.2. The second-order valence-electron chi connectivity index (χ2n) is 8.60. The van der Waals surface area contributed by atoms with Gasteiger partial charge < -0.3 is 19.4 Å². The largest absolute Gasteiger partial charge is 0.489 e. The van der Waals surface area contributed by atoms with E-state index in [-0.39, 0.29) is 17.2 Å². The molecule has 3 rings (SSSR count). The number of benzene rings is 2. The van der Waals surface area contributed by atoms with Crippen molar-refractivity contribution in [2.45, 2.75) is 52.4 Å². The smallest absolute Gasteiger partial charge is 0.297 e. The summed E-state index contributed by atoms with van der Waals surface area (Å²) in [4.78, 5) is 25.7. The van der Waals surface area contributed by atoms with Gasteiger partial charge in [-0.05, 0) is 42.7 Å². The summed E-state index contributed by atoms with van der Waals surface area (Å²) in [5.74, 6) is 0.494. The summed E-state index contributed by atoms with van der Waals surface area (Å²) in [6.07, 6.45) is 9.38. The van der Waals surface area contributed by atoms with Gasteiger partial charge in [0.25, 0.3) is 5.56 Å². The third-order valence-corrected chi connectivity index (χ3v) is 5.79. The Kier molecular flexibility index (Phi) is 9.96. The third-order valence-electron chi connectivity index (χ3n) is 5.79. The monoisotopic (exact) mass is 476 g/mol. The summed E-state index contributed by atoms with van der Waals surface area (Å²) in [5, 5.41) is 3.66. The maximum Gasteiger partial charge on any atom is 0.297 e. The number of hydrogen-bond acceptors (Lipinski definition) is 4. The zero-order valence-corrected chi connectivity index (χ0v) is 21.0. The molecule has 6 nitrogen and oxygen atoms in total. The van der Waals surface area contributed by atoms with E-state index in [1.807, 2.05) is 42.5 Å². The van der Waals surface area contributed by atoms with Gasteiger partial charge in [-0.2, -0.15) is 0 Å². The highest BCUT2D eigenvalue weighted by Crippen LogP contribution is 2.34. The predicted molar refractivity (Wildman–Crippen MR) is 143 cm³/mol. The summed E-state index contributed by atoms with van der Waals surface area (Å²) in [6, 6.07) is 15.1. The number of unbranched alkanes of at least 4 members (excludes halogenated alkanes) is 4. The summed E-state index contributed by atoms with van der Waals surface area (Å²) in [5.41, 5.74) is 1.97. The molecule has 0 spiro atoms. The molecular formula is C29H36N2O4. The molecule has 6 heteroatoms. The van der Waals surface area contributed by atoms with E-state index in [1.54, 1.807) is 23.8 Å². The van der Waals surface area contributed by atoms with Crippen LogP contribution in [0, 0.1) is 0 Å². The van der Waals surface area contributed by atoms with Crippen LogP contribution >= 0.6 is 0 Å². The van der Waals surface area contributed by atoms with Gasteiger partial charge in [-0.3, -0.25) is 9.59 Å². The van der Waals surface area contributed by atoms with E-state index < -0.39 is 0 Å². The Morgan fingerprint density at radius 1 is 0.914 bits per heavy atom. The number of rotatable bonds is 13. The zero-order chi connectivity index (χ0) is 25.0. The van der Waals surface area contributed by atoms with E-state index >= 15 is 0 Å². The molecule has 0 fully saturated rings. The first-order chi connectivity index (χ1) is 17.0. The molecule has 3 aromatic rings. The van der Waals surface area contributed by atoms with Crippen molar-refractivity contribution in [1.82, 2.24) is 4.57 Å². The SMILES string of the molecule is CCCCCCOc1c(OCCCC)c2ccc(NC(=O)/C=C/c3ccccc3)cc2n(C)c1=O. The molecule has 0 aliphatic heterocycles. The van der Waals surface area contributed by atoms with Gasteiger partial charge in [0.15, 0.2) is 5.75 Å². The number of aromatic nitrogens is 1. The standard InChI is InChI=1S/C29H36N2O4/c1-4-6-8-12-20-35-28-27(34-19-7-5-2)24-17-16-23(21-25(24)31(3)29(28)33)30-26(32)18-15-22-13-10-9-11-14-22/h9-11,13-18,21H,4-8,12,19-20H2,1-3H3,(H,30,32)/b18-15+. The van der Waals surface area contributed by atoms with Gasteiger partial charge in [-0.1, -0.05) is 69.9 Å². The number of fused-ring (bicyclic) bond motifs is 1. The van der Waals surface area contributed by atoms with Crippen LogP contribution in [0.4, 0.5) is 5.69 Å². The molecule has 1 heterocycles. The Labute approximate surface area is 207 Å². The number of carbonyl (C=O) groups excluding carboxylic acids is 1. The van der Waals surface area contributed by atoms with E-state index in [0.717, 1.165) is 49.5 Å². The quantitative estimate of drug-likeness (QED) is 0.231. The highest BCUT2D eigenvalue weighted by molar-refractivity contribution is 6.03. The van der Waals surface area contributed by atoms with Crippen LogP contribution in [-0.4, -0.2) is 23.7 Å². The highest BCUT2D eigenvalue weighted by atomic mass is 16.5. The van der Waals surface area contributed by atoms with Gasteiger partial charge in [-0.15, -0.1) is 0 Å². The van der Waals surface area contributed by atoms with Gasteiger partial charge in [0.2, 0.25) is 11.7 Å². The number of aryl methyl sites for hydroxylation is 1. The van der Waals surface area contributed by atoms with Gasteiger partial charge in [0.05, 0.1) is 18.7 Å². The number of hydrogen-bond donors (Lipinski definition) is 1. The third kappa shape index (κ3) is 7.22. The molecule has 1 aromatic heterocycles. The molecule has 1 amide bonds. The molecule has 0 atom stereocenters. The van der Waals surface area contributed by atoms with Crippen LogP contribution in [0.5, 0.6) is 11.5 Å². The number of pyridine rings is 1. The van der Waals surface area contributed by atoms with E-state index in [1.165, 1.54) is 6.08 Å². The van der Waals surface area contributed by atoms with Crippen LogP contribution in [0.2, 0.25) is 0 Å². The van der Waals surface area contributed by atoms with E-state index in [4.69, 9.17) is 9.47 Å². The highest BCUT2D eigenvalue weighted by Gasteiger charge is 2.19. The average molecular weight is 477 g/mol. The number of ether oxygens (including phenoxy) is 2. The second kappa shape index (κ2) is 13.4. The molecule has 186 valence electrons. The fraction of sp³-hybridized carbons (Fsp3) is 0.379. The first kappa shape index (κ1) is 26.1. The van der Waals surface area contributed by atoms with Crippen molar-refractivity contribution in [3.8, 4) is 11.5 Å². The molecular weight excluding hydrogens is 440 g/mol. The lowest BCUT2D eigenvalue weighted by Crippen LogP contribution is -2.22. The van der Waals surface area contributed by atoms with Crippen molar-refractivity contribution in [3.05, 3.63) is 70.5 Å². The Hall–Kier alpha value is -3.54. The maximum absolute atomic E-state index is 13.2. The fourth-order valence-corrected chi connectivity index (χ4v) is 3.77. The van der Waals surface area contributed by atoms with Gasteiger partial charge in [0.1, 0.15) is 0 Å². The molecule has 0 aliphatic rings. The second-order valence-corrected chi connectivity index (χ2v) is 8.60. The minimum atomic E-state index is -0.246. The number of carbonyl (C=O) groups is 1.